The van der Waals surface area contributed by atoms with Crippen molar-refractivity contribution in [2.24, 2.45) is 0 Å². The Morgan fingerprint density at radius 2 is 1.36 bits per heavy atom. The second-order valence-corrected chi connectivity index (χ2v) is 9.26. The molecule has 0 aliphatic rings. The van der Waals surface area contributed by atoms with Crippen molar-refractivity contribution in [2.75, 3.05) is 6.61 Å². The summed E-state index contributed by atoms with van der Waals surface area (Å²) in [7, 11) is 0. The van der Waals surface area contributed by atoms with E-state index in [2.05, 4.69) is 0 Å². The molecule has 0 fully saturated rings. The Morgan fingerprint density at radius 1 is 0.833 bits per heavy atom. The highest BCUT2D eigenvalue weighted by Crippen LogP contribution is 2.38. The van der Waals surface area contributed by atoms with Crippen LogP contribution >= 0.6 is 0 Å². The molecule has 0 radical (unpaired) electrons. The number of aliphatic hydroxyl groups is 1. The van der Waals surface area contributed by atoms with Gasteiger partial charge in [-0.1, -0.05) is 81.4 Å². The summed E-state index contributed by atoms with van der Waals surface area (Å²) >= 11 is 0. The van der Waals surface area contributed by atoms with Gasteiger partial charge in [-0.25, -0.2) is 4.79 Å². The van der Waals surface area contributed by atoms with Crippen LogP contribution in [0.4, 0.5) is 0 Å². The van der Waals surface area contributed by atoms with E-state index in [1.54, 1.807) is 19.1 Å². The summed E-state index contributed by atoms with van der Waals surface area (Å²) in [5.41, 5.74) is 2.56. The average molecular weight is 489 g/mol. The Hall–Kier alpha value is -4.06. The van der Waals surface area contributed by atoms with Gasteiger partial charge in [0.25, 0.3) is 0 Å². The third-order valence-corrected chi connectivity index (χ3v) is 5.38. The first-order chi connectivity index (χ1) is 17.2. The summed E-state index contributed by atoms with van der Waals surface area (Å²) < 4.78 is 17.1. The average Bonchev–Trinajstić information content (AvgIpc) is 2.86. The molecule has 0 aromatic heterocycles. The molecule has 1 N–H and O–H groups in total. The fraction of sp³-hybridized carbons (Fsp3) is 0.267. The fourth-order valence-electron chi connectivity index (χ4n) is 3.52. The van der Waals surface area contributed by atoms with Gasteiger partial charge in [-0.15, -0.1) is 0 Å². The number of aliphatic hydroxyl groups excluding tert-OH is 1. The third kappa shape index (κ3) is 7.22. The molecule has 0 unspecified atom stereocenters. The number of rotatable bonds is 10. The quantitative estimate of drug-likeness (QED) is 0.155. The van der Waals surface area contributed by atoms with Crippen molar-refractivity contribution in [1.29, 1.82) is 0 Å². The molecule has 3 aromatic carbocycles. The van der Waals surface area contributed by atoms with Crippen molar-refractivity contribution in [3.05, 3.63) is 107 Å². The number of hydrogen-bond acceptors (Lipinski definition) is 6. The Labute approximate surface area is 212 Å². The number of carbonyl (C=O) groups is 2. The van der Waals surface area contributed by atoms with E-state index in [0.29, 0.717) is 12.4 Å². The molecular formula is C30H32O6. The fourth-order valence-corrected chi connectivity index (χ4v) is 3.52. The number of allylic oxidation sites excluding steroid dienone is 1. The summed E-state index contributed by atoms with van der Waals surface area (Å²) in [6.45, 7) is 8.32. The maximum absolute atomic E-state index is 13.2. The molecule has 0 aliphatic heterocycles. The van der Waals surface area contributed by atoms with Crippen LogP contribution in [0.3, 0.4) is 0 Å². The highest BCUT2D eigenvalue weighted by Gasteiger charge is 2.25. The molecule has 0 saturated carbocycles. The van der Waals surface area contributed by atoms with Gasteiger partial charge in [0.15, 0.2) is 5.78 Å². The summed E-state index contributed by atoms with van der Waals surface area (Å²) in [6, 6.07) is 22.8. The molecule has 0 aliphatic carbocycles. The first-order valence-electron chi connectivity index (χ1n) is 11.8. The smallest absolute Gasteiger partial charge is 0.373 e. The minimum atomic E-state index is -0.962. The van der Waals surface area contributed by atoms with Gasteiger partial charge in [-0.05, 0) is 29.5 Å². The van der Waals surface area contributed by atoms with E-state index in [4.69, 9.17) is 14.2 Å². The Kier molecular flexibility index (Phi) is 8.90. The molecule has 6 heteroatoms. The second-order valence-electron chi connectivity index (χ2n) is 9.26. The lowest BCUT2D eigenvalue weighted by Gasteiger charge is -2.25. The maximum atomic E-state index is 13.2. The van der Waals surface area contributed by atoms with Crippen LogP contribution in [0, 0.1) is 0 Å². The normalized spacial score (nSPS) is 11.6. The molecule has 6 nitrogen and oxygen atoms in total. The van der Waals surface area contributed by atoms with Gasteiger partial charge >= 0.3 is 5.97 Å². The molecule has 0 heterocycles. The van der Waals surface area contributed by atoms with E-state index >= 15 is 0 Å². The molecule has 0 spiro atoms. The maximum Gasteiger partial charge on any atom is 0.373 e. The zero-order valence-corrected chi connectivity index (χ0v) is 21.1. The van der Waals surface area contributed by atoms with Crippen LogP contribution in [-0.4, -0.2) is 23.5 Å². The summed E-state index contributed by atoms with van der Waals surface area (Å²) in [5.74, 6) is -1.44. The number of esters is 1. The molecule has 0 bridgehead atoms. The minimum absolute atomic E-state index is 0.0813. The SMILES string of the molecule is CCOC(=O)/C(O)=C/C(=O)c1cc(C(C)(C)C)c(OCc2ccccc2)cc1OCc1ccccc1. The van der Waals surface area contributed by atoms with Crippen molar-refractivity contribution in [2.45, 2.75) is 46.3 Å². The molecule has 0 atom stereocenters. The summed E-state index contributed by atoms with van der Waals surface area (Å²) in [4.78, 5) is 25.1. The van der Waals surface area contributed by atoms with E-state index in [9.17, 15) is 14.7 Å². The van der Waals surface area contributed by atoms with Crippen LogP contribution in [0.1, 0.15) is 54.7 Å². The first-order valence-corrected chi connectivity index (χ1v) is 11.8. The Morgan fingerprint density at radius 3 is 1.86 bits per heavy atom. The predicted molar refractivity (Wildman–Crippen MR) is 138 cm³/mol. The molecule has 3 aromatic rings. The van der Waals surface area contributed by atoms with Gasteiger partial charge in [-0.2, -0.15) is 0 Å². The van der Waals surface area contributed by atoms with Gasteiger partial charge in [0, 0.05) is 17.7 Å². The summed E-state index contributed by atoms with van der Waals surface area (Å²) in [5, 5.41) is 10.1. The number of carbonyl (C=O) groups excluding carboxylic acids is 2. The monoisotopic (exact) mass is 488 g/mol. The van der Waals surface area contributed by atoms with Crippen LogP contribution in [0.5, 0.6) is 11.5 Å². The lowest BCUT2D eigenvalue weighted by atomic mass is 9.84. The number of ether oxygens (including phenoxy) is 3. The molecule has 36 heavy (non-hydrogen) atoms. The second kappa shape index (κ2) is 12.1. The largest absolute Gasteiger partial charge is 0.502 e. The van der Waals surface area contributed by atoms with Crippen LogP contribution in [0.25, 0.3) is 0 Å². The van der Waals surface area contributed by atoms with E-state index in [1.165, 1.54) is 0 Å². The van der Waals surface area contributed by atoms with Crippen LogP contribution < -0.4 is 9.47 Å². The lowest BCUT2D eigenvalue weighted by Crippen LogP contribution is -2.16. The number of hydrogen-bond donors (Lipinski definition) is 1. The van der Waals surface area contributed by atoms with Crippen molar-refractivity contribution in [3.8, 4) is 11.5 Å². The topological polar surface area (TPSA) is 82.1 Å². The van der Waals surface area contributed by atoms with E-state index in [0.717, 1.165) is 22.8 Å². The van der Waals surface area contributed by atoms with E-state index in [1.807, 2.05) is 81.4 Å². The van der Waals surface area contributed by atoms with Crippen LogP contribution in [0.15, 0.2) is 84.6 Å². The molecule has 188 valence electrons. The van der Waals surface area contributed by atoms with Gasteiger partial charge < -0.3 is 19.3 Å². The van der Waals surface area contributed by atoms with Crippen molar-refractivity contribution < 1.29 is 28.9 Å². The zero-order valence-electron chi connectivity index (χ0n) is 21.1. The molecule has 3 rings (SSSR count). The van der Waals surface area contributed by atoms with Crippen LogP contribution in [-0.2, 0) is 28.2 Å². The van der Waals surface area contributed by atoms with Crippen molar-refractivity contribution in [3.63, 3.8) is 0 Å². The Balaban J connectivity index is 2.03. The number of ketones is 1. The van der Waals surface area contributed by atoms with Crippen molar-refractivity contribution in [1.82, 2.24) is 0 Å². The van der Waals surface area contributed by atoms with Gasteiger partial charge in [0.2, 0.25) is 5.76 Å². The highest BCUT2D eigenvalue weighted by atomic mass is 16.5. The molecule has 0 amide bonds. The van der Waals surface area contributed by atoms with Gasteiger partial charge in [-0.3, -0.25) is 4.79 Å². The van der Waals surface area contributed by atoms with E-state index in [-0.39, 0.29) is 29.9 Å². The number of benzene rings is 3. The Bertz CT molecular complexity index is 1210. The van der Waals surface area contributed by atoms with Crippen molar-refractivity contribution >= 4 is 11.8 Å². The third-order valence-electron chi connectivity index (χ3n) is 5.38. The van der Waals surface area contributed by atoms with Gasteiger partial charge in [0.1, 0.15) is 24.7 Å². The first kappa shape index (κ1) is 26.5. The lowest BCUT2D eigenvalue weighted by molar-refractivity contribution is -0.141. The van der Waals surface area contributed by atoms with Gasteiger partial charge in [0.05, 0.1) is 12.2 Å². The van der Waals surface area contributed by atoms with Crippen LogP contribution in [0.2, 0.25) is 0 Å². The minimum Gasteiger partial charge on any atom is -0.502 e. The molecular weight excluding hydrogens is 456 g/mol. The predicted octanol–water partition coefficient (Wildman–Crippen LogP) is 6.33. The standard InChI is InChI=1S/C30H32O6/c1-5-34-29(33)26(32)17-25(31)23-16-24(30(2,3)4)28(36-20-22-14-10-7-11-15-22)18-27(23)35-19-21-12-8-6-9-13-21/h6-18,32H,5,19-20H2,1-4H3/b26-17-. The van der Waals surface area contributed by atoms with E-state index < -0.39 is 17.5 Å². The summed E-state index contributed by atoms with van der Waals surface area (Å²) in [6.07, 6.45) is 0.861. The highest BCUT2D eigenvalue weighted by molar-refractivity contribution is 6.09. The molecule has 0 saturated heterocycles. The zero-order chi connectivity index (χ0) is 26.1.